The zero-order valence-electron chi connectivity index (χ0n) is 9.17. The molecule has 1 fully saturated rings. The molecule has 1 saturated heterocycles. The van der Waals surface area contributed by atoms with Gasteiger partial charge in [0, 0.05) is 6.61 Å². The smallest absolute Gasteiger partial charge is 0.171 e. The standard InChI is InChI=1S/C12H11BrF2O2/c1-6-7(2-3-17-6)12(16)8-4-11(15)9(13)5-10(8)14/h4-7H,2-3H2,1H3. The summed E-state index contributed by atoms with van der Waals surface area (Å²) in [5.41, 5.74) is -0.201. The minimum Gasteiger partial charge on any atom is -0.378 e. The van der Waals surface area contributed by atoms with Crippen LogP contribution in [0.15, 0.2) is 16.6 Å². The average molecular weight is 305 g/mol. The van der Waals surface area contributed by atoms with E-state index < -0.39 is 11.6 Å². The highest BCUT2D eigenvalue weighted by Crippen LogP contribution is 2.27. The van der Waals surface area contributed by atoms with Crippen LogP contribution in [0.3, 0.4) is 0 Å². The first-order valence-electron chi connectivity index (χ1n) is 5.31. The van der Waals surface area contributed by atoms with Gasteiger partial charge < -0.3 is 4.74 Å². The van der Waals surface area contributed by atoms with E-state index in [2.05, 4.69) is 15.9 Å². The van der Waals surface area contributed by atoms with E-state index in [1.807, 2.05) is 0 Å². The lowest BCUT2D eigenvalue weighted by Crippen LogP contribution is -2.22. The first-order chi connectivity index (χ1) is 8.00. The topological polar surface area (TPSA) is 26.3 Å². The second kappa shape index (κ2) is 4.82. The van der Waals surface area contributed by atoms with Crippen LogP contribution < -0.4 is 0 Å². The summed E-state index contributed by atoms with van der Waals surface area (Å²) in [4.78, 5) is 12.0. The molecule has 0 bridgehead atoms. The third kappa shape index (κ3) is 2.40. The van der Waals surface area contributed by atoms with Gasteiger partial charge in [-0.2, -0.15) is 0 Å². The molecule has 1 aliphatic heterocycles. The van der Waals surface area contributed by atoms with E-state index in [1.54, 1.807) is 6.92 Å². The van der Waals surface area contributed by atoms with Crippen LogP contribution in [0.25, 0.3) is 0 Å². The van der Waals surface area contributed by atoms with Gasteiger partial charge in [0.05, 0.1) is 22.1 Å². The number of ether oxygens (including phenoxy) is 1. The van der Waals surface area contributed by atoms with Crippen LogP contribution >= 0.6 is 15.9 Å². The number of Topliss-reactive ketones (excluding diaryl/α,β-unsaturated/α-hetero) is 1. The number of halogens is 3. The Balaban J connectivity index is 2.34. The molecule has 2 nitrogen and oxygen atoms in total. The number of benzene rings is 1. The summed E-state index contributed by atoms with van der Waals surface area (Å²) < 4.78 is 32.2. The maximum Gasteiger partial charge on any atom is 0.171 e. The molecular formula is C12H11BrF2O2. The molecule has 0 aromatic heterocycles. The SMILES string of the molecule is CC1OCCC1C(=O)c1cc(F)c(Br)cc1F. The zero-order chi connectivity index (χ0) is 12.6. The zero-order valence-corrected chi connectivity index (χ0v) is 10.8. The molecule has 0 N–H and O–H groups in total. The molecule has 2 unspecified atom stereocenters. The molecular weight excluding hydrogens is 294 g/mol. The van der Waals surface area contributed by atoms with Gasteiger partial charge in [0.15, 0.2) is 5.78 Å². The van der Waals surface area contributed by atoms with E-state index in [9.17, 15) is 13.6 Å². The van der Waals surface area contributed by atoms with Gasteiger partial charge in [-0.15, -0.1) is 0 Å². The summed E-state index contributed by atoms with van der Waals surface area (Å²) in [6.07, 6.45) is 0.311. The van der Waals surface area contributed by atoms with Crippen molar-refractivity contribution in [3.8, 4) is 0 Å². The summed E-state index contributed by atoms with van der Waals surface area (Å²) in [5, 5.41) is 0. The molecule has 0 amide bonds. The quantitative estimate of drug-likeness (QED) is 0.619. The van der Waals surface area contributed by atoms with Crippen molar-refractivity contribution in [3.05, 3.63) is 33.8 Å². The Morgan fingerprint density at radius 1 is 1.41 bits per heavy atom. The Bertz CT molecular complexity index is 462. The summed E-state index contributed by atoms with van der Waals surface area (Å²) in [5.74, 6) is -2.12. The lowest BCUT2D eigenvalue weighted by molar-refractivity contribution is 0.0760. The van der Waals surface area contributed by atoms with Gasteiger partial charge in [0.25, 0.3) is 0 Å². The Morgan fingerprint density at radius 3 is 2.71 bits per heavy atom. The van der Waals surface area contributed by atoms with Crippen LogP contribution in [-0.2, 0) is 4.74 Å². The molecule has 92 valence electrons. The van der Waals surface area contributed by atoms with Crippen molar-refractivity contribution >= 4 is 21.7 Å². The van der Waals surface area contributed by atoms with Crippen molar-refractivity contribution in [2.24, 2.45) is 5.92 Å². The first kappa shape index (κ1) is 12.6. The van der Waals surface area contributed by atoms with E-state index in [1.165, 1.54) is 0 Å². The van der Waals surface area contributed by atoms with Gasteiger partial charge >= 0.3 is 0 Å². The Kier molecular flexibility index (Phi) is 3.58. The van der Waals surface area contributed by atoms with Crippen molar-refractivity contribution in [2.45, 2.75) is 19.4 Å². The molecule has 0 radical (unpaired) electrons. The van der Waals surface area contributed by atoms with Crippen LogP contribution in [0.5, 0.6) is 0 Å². The number of hydrogen-bond acceptors (Lipinski definition) is 2. The van der Waals surface area contributed by atoms with Crippen molar-refractivity contribution in [1.82, 2.24) is 0 Å². The minimum atomic E-state index is -0.706. The van der Waals surface area contributed by atoms with Gasteiger partial charge in [-0.3, -0.25) is 4.79 Å². The summed E-state index contributed by atoms with van der Waals surface area (Å²) in [6.45, 7) is 2.25. The Hall–Kier alpha value is -0.810. The maximum atomic E-state index is 13.6. The lowest BCUT2D eigenvalue weighted by Gasteiger charge is -2.13. The average Bonchev–Trinajstić information content (AvgIpc) is 2.69. The Labute approximate surface area is 106 Å². The van der Waals surface area contributed by atoms with Crippen LogP contribution in [0.2, 0.25) is 0 Å². The van der Waals surface area contributed by atoms with Crippen molar-refractivity contribution in [3.63, 3.8) is 0 Å². The van der Waals surface area contributed by atoms with Crippen LogP contribution in [0, 0.1) is 17.6 Å². The van der Waals surface area contributed by atoms with Gasteiger partial charge in [0.1, 0.15) is 11.6 Å². The van der Waals surface area contributed by atoms with Crippen molar-refractivity contribution in [2.75, 3.05) is 6.61 Å². The molecule has 1 aliphatic rings. The van der Waals surface area contributed by atoms with E-state index >= 15 is 0 Å². The minimum absolute atomic E-state index is 0.0160. The largest absolute Gasteiger partial charge is 0.378 e. The predicted molar refractivity (Wildman–Crippen MR) is 61.9 cm³/mol. The maximum absolute atomic E-state index is 13.6. The number of rotatable bonds is 2. The van der Waals surface area contributed by atoms with Crippen molar-refractivity contribution < 1.29 is 18.3 Å². The van der Waals surface area contributed by atoms with Gasteiger partial charge in [-0.25, -0.2) is 8.78 Å². The van der Waals surface area contributed by atoms with Gasteiger partial charge in [0.2, 0.25) is 0 Å². The fourth-order valence-electron chi connectivity index (χ4n) is 1.99. The van der Waals surface area contributed by atoms with E-state index in [0.29, 0.717) is 13.0 Å². The number of hydrogen-bond donors (Lipinski definition) is 0. The molecule has 2 atom stereocenters. The summed E-state index contributed by atoms with van der Waals surface area (Å²) in [7, 11) is 0. The predicted octanol–water partition coefficient (Wildman–Crippen LogP) is 3.34. The third-order valence-corrected chi connectivity index (χ3v) is 3.60. The summed E-state index contributed by atoms with van der Waals surface area (Å²) >= 11 is 2.87. The first-order valence-corrected chi connectivity index (χ1v) is 6.10. The molecule has 0 aliphatic carbocycles. The normalized spacial score (nSPS) is 24.0. The number of carbonyl (C=O) groups excluding carboxylic acids is 1. The molecule has 1 aromatic rings. The van der Waals surface area contributed by atoms with Crippen LogP contribution in [0.4, 0.5) is 8.78 Å². The van der Waals surface area contributed by atoms with E-state index in [-0.39, 0.29) is 27.8 Å². The van der Waals surface area contributed by atoms with Crippen LogP contribution in [-0.4, -0.2) is 18.5 Å². The molecule has 1 aromatic carbocycles. The Morgan fingerprint density at radius 2 is 2.12 bits per heavy atom. The molecule has 2 rings (SSSR count). The highest BCUT2D eigenvalue weighted by Gasteiger charge is 2.33. The third-order valence-electron chi connectivity index (χ3n) is 2.99. The van der Waals surface area contributed by atoms with E-state index in [0.717, 1.165) is 12.1 Å². The van der Waals surface area contributed by atoms with Gasteiger partial charge in [-0.05, 0) is 41.4 Å². The van der Waals surface area contributed by atoms with Crippen LogP contribution in [0.1, 0.15) is 23.7 Å². The highest BCUT2D eigenvalue weighted by atomic mass is 79.9. The second-order valence-electron chi connectivity index (χ2n) is 4.08. The summed E-state index contributed by atoms with van der Waals surface area (Å²) in [6, 6.07) is 1.91. The van der Waals surface area contributed by atoms with E-state index in [4.69, 9.17) is 4.74 Å². The molecule has 5 heteroatoms. The number of carbonyl (C=O) groups is 1. The molecule has 0 spiro atoms. The molecule has 17 heavy (non-hydrogen) atoms. The highest BCUT2D eigenvalue weighted by molar-refractivity contribution is 9.10. The fourth-order valence-corrected chi connectivity index (χ4v) is 2.30. The fraction of sp³-hybridized carbons (Fsp3) is 0.417. The second-order valence-corrected chi connectivity index (χ2v) is 4.94. The lowest BCUT2D eigenvalue weighted by atomic mass is 9.92. The van der Waals surface area contributed by atoms with Gasteiger partial charge in [-0.1, -0.05) is 0 Å². The molecule has 0 saturated carbocycles. The van der Waals surface area contributed by atoms with Crippen molar-refractivity contribution in [1.29, 1.82) is 0 Å². The monoisotopic (exact) mass is 304 g/mol. The number of ketones is 1. The molecule has 1 heterocycles.